The summed E-state index contributed by atoms with van der Waals surface area (Å²) in [6.45, 7) is 2.72. The van der Waals surface area contributed by atoms with Gasteiger partial charge < -0.3 is 11.1 Å². The van der Waals surface area contributed by atoms with Crippen molar-refractivity contribution in [2.45, 2.75) is 25.7 Å². The van der Waals surface area contributed by atoms with Crippen molar-refractivity contribution >= 4 is 11.6 Å². The molecular weight excluding hydrogens is 271 g/mol. The number of nitrogens with two attached hydrogens (primary N) is 1. The van der Waals surface area contributed by atoms with Gasteiger partial charge in [0.2, 0.25) is 5.91 Å². The van der Waals surface area contributed by atoms with Gasteiger partial charge in [0.15, 0.2) is 0 Å². The van der Waals surface area contributed by atoms with Gasteiger partial charge in [0.1, 0.15) is 0 Å². The minimum Gasteiger partial charge on any atom is -0.399 e. The molecule has 0 radical (unpaired) electrons. The van der Waals surface area contributed by atoms with E-state index in [4.69, 9.17) is 5.73 Å². The Morgan fingerprint density at radius 3 is 2.80 bits per heavy atom. The summed E-state index contributed by atoms with van der Waals surface area (Å²) < 4.78 is 39.0. The number of piperazine rings is 1. The fourth-order valence-corrected chi connectivity index (χ4v) is 2.26. The highest BCUT2D eigenvalue weighted by Crippen LogP contribution is 2.34. The van der Waals surface area contributed by atoms with E-state index in [-0.39, 0.29) is 23.7 Å². The summed E-state index contributed by atoms with van der Waals surface area (Å²) in [4.78, 5) is 13.3. The van der Waals surface area contributed by atoms with Crippen LogP contribution in [0.25, 0.3) is 0 Å². The fourth-order valence-electron chi connectivity index (χ4n) is 2.26. The van der Waals surface area contributed by atoms with Gasteiger partial charge in [-0.2, -0.15) is 13.2 Å². The third kappa shape index (κ3) is 3.04. The van der Waals surface area contributed by atoms with Gasteiger partial charge >= 0.3 is 6.18 Å². The molecule has 1 aromatic carbocycles. The van der Waals surface area contributed by atoms with Crippen LogP contribution in [0.3, 0.4) is 0 Å². The van der Waals surface area contributed by atoms with Crippen LogP contribution in [0.15, 0.2) is 18.2 Å². The maximum absolute atomic E-state index is 13.0. The number of halogens is 3. The minimum atomic E-state index is -4.45. The third-order valence-electron chi connectivity index (χ3n) is 3.44. The maximum atomic E-state index is 13.0. The molecule has 1 heterocycles. The summed E-state index contributed by atoms with van der Waals surface area (Å²) in [5.74, 6) is -0.166. The summed E-state index contributed by atoms with van der Waals surface area (Å²) in [7, 11) is 0. The van der Waals surface area contributed by atoms with Gasteiger partial charge in [0.05, 0.1) is 11.6 Å². The molecule has 1 atom stereocenters. The number of benzene rings is 1. The Morgan fingerprint density at radius 2 is 2.15 bits per heavy atom. The lowest BCUT2D eigenvalue weighted by Crippen LogP contribution is -2.53. The van der Waals surface area contributed by atoms with Crippen molar-refractivity contribution in [1.29, 1.82) is 0 Å². The minimum absolute atomic E-state index is 0.0731. The fraction of sp³-hybridized carbons (Fsp3) is 0.462. The Balaban J connectivity index is 2.27. The second-order valence-corrected chi connectivity index (χ2v) is 4.85. The number of hydrogen-bond donors (Lipinski definition) is 2. The molecule has 4 nitrogen and oxygen atoms in total. The van der Waals surface area contributed by atoms with Gasteiger partial charge in [-0.1, -0.05) is 6.07 Å². The second kappa shape index (κ2) is 5.32. The van der Waals surface area contributed by atoms with E-state index in [1.807, 2.05) is 0 Å². The van der Waals surface area contributed by atoms with Crippen LogP contribution >= 0.6 is 0 Å². The van der Waals surface area contributed by atoms with Crippen LogP contribution in [0.1, 0.15) is 18.1 Å². The van der Waals surface area contributed by atoms with Gasteiger partial charge in [0.25, 0.3) is 0 Å². The average molecular weight is 287 g/mol. The predicted molar refractivity (Wildman–Crippen MR) is 68.7 cm³/mol. The molecule has 20 heavy (non-hydrogen) atoms. The summed E-state index contributed by atoms with van der Waals surface area (Å²) in [5.41, 5.74) is 4.90. The van der Waals surface area contributed by atoms with Crippen molar-refractivity contribution in [3.63, 3.8) is 0 Å². The first-order valence-electron chi connectivity index (χ1n) is 6.26. The monoisotopic (exact) mass is 287 g/mol. The van der Waals surface area contributed by atoms with Gasteiger partial charge in [-0.25, -0.2) is 0 Å². The normalized spacial score (nSPS) is 20.8. The quantitative estimate of drug-likeness (QED) is 0.812. The molecule has 1 aromatic rings. The van der Waals surface area contributed by atoms with Crippen LogP contribution in [0.4, 0.5) is 18.9 Å². The van der Waals surface area contributed by atoms with Crippen molar-refractivity contribution in [1.82, 2.24) is 10.2 Å². The molecule has 7 heteroatoms. The number of nitrogen functional groups attached to an aromatic ring is 1. The molecule has 0 saturated carbocycles. The summed E-state index contributed by atoms with van der Waals surface area (Å²) in [5, 5.41) is 2.68. The van der Waals surface area contributed by atoms with E-state index in [9.17, 15) is 18.0 Å². The smallest absolute Gasteiger partial charge is 0.399 e. The van der Waals surface area contributed by atoms with Crippen molar-refractivity contribution in [2.75, 3.05) is 18.8 Å². The van der Waals surface area contributed by atoms with E-state index >= 15 is 0 Å². The Labute approximate surface area is 114 Å². The lowest BCUT2D eigenvalue weighted by atomic mass is 10.0. The number of hydrogen-bond acceptors (Lipinski definition) is 3. The first-order valence-corrected chi connectivity index (χ1v) is 6.26. The summed E-state index contributed by atoms with van der Waals surface area (Å²) >= 11 is 0. The largest absolute Gasteiger partial charge is 0.416 e. The van der Waals surface area contributed by atoms with E-state index in [2.05, 4.69) is 5.32 Å². The number of carbonyl (C=O) groups excluding carboxylic acids is 1. The zero-order chi connectivity index (χ0) is 14.9. The highest BCUT2D eigenvalue weighted by atomic mass is 19.4. The SMILES string of the molecule is CC1C(=O)NCCN1Cc1ccc(N)cc1C(F)(F)F. The molecule has 1 aliphatic heterocycles. The Kier molecular flexibility index (Phi) is 3.89. The molecule has 2 rings (SSSR count). The van der Waals surface area contributed by atoms with Crippen LogP contribution < -0.4 is 11.1 Å². The van der Waals surface area contributed by atoms with Gasteiger partial charge in [-0.05, 0) is 24.6 Å². The number of carbonyl (C=O) groups is 1. The van der Waals surface area contributed by atoms with Crippen LogP contribution in [0.5, 0.6) is 0 Å². The zero-order valence-corrected chi connectivity index (χ0v) is 11.0. The molecule has 1 amide bonds. The predicted octanol–water partition coefficient (Wildman–Crippen LogP) is 1.61. The van der Waals surface area contributed by atoms with E-state index < -0.39 is 17.8 Å². The molecule has 1 aliphatic rings. The topological polar surface area (TPSA) is 58.4 Å². The second-order valence-electron chi connectivity index (χ2n) is 4.85. The van der Waals surface area contributed by atoms with Crippen molar-refractivity contribution < 1.29 is 18.0 Å². The van der Waals surface area contributed by atoms with Gasteiger partial charge in [-0.3, -0.25) is 9.69 Å². The number of amides is 1. The van der Waals surface area contributed by atoms with Gasteiger partial charge in [0, 0.05) is 25.3 Å². The van der Waals surface area contributed by atoms with E-state index in [0.29, 0.717) is 13.1 Å². The van der Waals surface area contributed by atoms with Crippen LogP contribution in [0.2, 0.25) is 0 Å². The van der Waals surface area contributed by atoms with E-state index in [1.165, 1.54) is 12.1 Å². The van der Waals surface area contributed by atoms with Crippen molar-refractivity contribution in [2.24, 2.45) is 0 Å². The van der Waals surface area contributed by atoms with Gasteiger partial charge in [-0.15, -0.1) is 0 Å². The van der Waals surface area contributed by atoms with E-state index in [0.717, 1.165) is 6.07 Å². The first-order chi connectivity index (χ1) is 9.29. The number of alkyl halides is 3. The lowest BCUT2D eigenvalue weighted by Gasteiger charge is -2.33. The number of anilines is 1. The number of nitrogens with zero attached hydrogens (tertiary/aromatic N) is 1. The van der Waals surface area contributed by atoms with Crippen LogP contribution in [0, 0.1) is 0 Å². The molecule has 110 valence electrons. The lowest BCUT2D eigenvalue weighted by molar-refractivity contribution is -0.138. The summed E-state index contributed by atoms with van der Waals surface area (Å²) in [6.07, 6.45) is -4.45. The van der Waals surface area contributed by atoms with Crippen LogP contribution in [-0.2, 0) is 17.5 Å². The highest BCUT2D eigenvalue weighted by molar-refractivity contribution is 5.82. The summed E-state index contributed by atoms with van der Waals surface area (Å²) in [6, 6.07) is 3.31. The zero-order valence-electron chi connectivity index (χ0n) is 11.0. The third-order valence-corrected chi connectivity index (χ3v) is 3.44. The number of nitrogens with one attached hydrogen (secondary N) is 1. The molecule has 0 spiro atoms. The Hall–Kier alpha value is -1.76. The van der Waals surface area contributed by atoms with E-state index in [1.54, 1.807) is 11.8 Å². The maximum Gasteiger partial charge on any atom is 0.416 e. The highest BCUT2D eigenvalue weighted by Gasteiger charge is 2.35. The molecule has 0 aliphatic carbocycles. The average Bonchev–Trinajstić information content (AvgIpc) is 2.36. The molecule has 1 fully saturated rings. The molecule has 0 bridgehead atoms. The van der Waals surface area contributed by atoms with Crippen LogP contribution in [-0.4, -0.2) is 29.9 Å². The molecule has 1 unspecified atom stereocenters. The molecular formula is C13H16F3N3O. The standard InChI is InChI=1S/C13H16F3N3O/c1-8-12(20)18-4-5-19(8)7-9-2-3-10(17)6-11(9)13(14,15)16/h2-3,6,8H,4-5,7,17H2,1H3,(H,18,20). The molecule has 1 saturated heterocycles. The number of rotatable bonds is 2. The molecule has 0 aromatic heterocycles. The molecule has 3 N–H and O–H groups in total. The first kappa shape index (κ1) is 14.6. The van der Waals surface area contributed by atoms with Crippen molar-refractivity contribution in [3.05, 3.63) is 29.3 Å². The van der Waals surface area contributed by atoms with Crippen molar-refractivity contribution in [3.8, 4) is 0 Å². The Bertz CT molecular complexity index is 516. The Morgan fingerprint density at radius 1 is 1.45 bits per heavy atom.